The summed E-state index contributed by atoms with van der Waals surface area (Å²) in [6, 6.07) is 10.4. The van der Waals surface area contributed by atoms with Crippen LogP contribution in [0.15, 0.2) is 42.6 Å². The summed E-state index contributed by atoms with van der Waals surface area (Å²) in [7, 11) is 1.54. The summed E-state index contributed by atoms with van der Waals surface area (Å²) in [5, 5.41) is 0. The van der Waals surface area contributed by atoms with E-state index in [2.05, 4.69) is 9.88 Å². The van der Waals surface area contributed by atoms with Gasteiger partial charge in [0.1, 0.15) is 17.4 Å². The fraction of sp³-hybridized carbons (Fsp3) is 0.263. The minimum absolute atomic E-state index is 0.323. The van der Waals surface area contributed by atoms with Crippen molar-refractivity contribution < 1.29 is 13.9 Å². The van der Waals surface area contributed by atoms with Crippen LogP contribution in [0.25, 0.3) is 22.2 Å². The van der Waals surface area contributed by atoms with Gasteiger partial charge in [-0.3, -0.25) is 4.98 Å². The smallest absolute Gasteiger partial charge is 0.148 e. The number of benzene rings is 2. The predicted octanol–water partition coefficient (Wildman–Crippen LogP) is 3.28. The minimum atomic E-state index is -0.323. The summed E-state index contributed by atoms with van der Waals surface area (Å²) < 4.78 is 25.0. The maximum atomic E-state index is 14.4. The zero-order chi connectivity index (χ0) is 17.2. The van der Waals surface area contributed by atoms with Gasteiger partial charge < -0.3 is 14.4 Å². The van der Waals surface area contributed by atoms with Crippen LogP contribution in [0.2, 0.25) is 0 Å². The standard InChI is InChI=1S/C19H18FN3O2/c1-24-17-4-2-3-14(20)19(17)13-5-6-15-16(11-13)22-18(12-21-15)23-7-9-25-10-8-23/h2-6,11-12H,7-10H2,1H3. The Bertz CT molecular complexity index is 910. The second kappa shape index (κ2) is 6.64. The van der Waals surface area contributed by atoms with E-state index in [0.29, 0.717) is 24.5 Å². The van der Waals surface area contributed by atoms with Gasteiger partial charge in [0.25, 0.3) is 0 Å². The van der Waals surface area contributed by atoms with E-state index in [9.17, 15) is 4.39 Å². The van der Waals surface area contributed by atoms with E-state index in [1.54, 1.807) is 18.3 Å². The van der Waals surface area contributed by atoms with Crippen LogP contribution < -0.4 is 9.64 Å². The molecule has 3 aromatic rings. The average Bonchev–Trinajstić information content (AvgIpc) is 2.67. The van der Waals surface area contributed by atoms with Gasteiger partial charge in [0.05, 0.1) is 43.1 Å². The molecule has 1 aliphatic heterocycles. The van der Waals surface area contributed by atoms with Gasteiger partial charge in [-0.15, -0.1) is 0 Å². The Labute approximate surface area is 145 Å². The summed E-state index contributed by atoms with van der Waals surface area (Å²) in [5.74, 6) is 0.987. The Hall–Kier alpha value is -2.73. The lowest BCUT2D eigenvalue weighted by atomic mass is 10.0. The molecule has 0 unspecified atom stereocenters. The lowest BCUT2D eigenvalue weighted by molar-refractivity contribution is 0.122. The number of hydrogen-bond acceptors (Lipinski definition) is 5. The average molecular weight is 339 g/mol. The Morgan fingerprint density at radius 3 is 2.76 bits per heavy atom. The Morgan fingerprint density at radius 1 is 1.12 bits per heavy atom. The van der Waals surface area contributed by atoms with Crippen molar-refractivity contribution in [3.8, 4) is 16.9 Å². The molecule has 6 heteroatoms. The third-order valence-corrected chi connectivity index (χ3v) is 4.35. The lowest BCUT2D eigenvalue weighted by Crippen LogP contribution is -2.36. The fourth-order valence-electron chi connectivity index (χ4n) is 3.06. The molecule has 0 radical (unpaired) electrons. The van der Waals surface area contributed by atoms with Crippen molar-refractivity contribution in [2.75, 3.05) is 38.3 Å². The number of fused-ring (bicyclic) bond motifs is 1. The molecule has 0 aliphatic carbocycles. The number of rotatable bonds is 3. The third kappa shape index (κ3) is 3.00. The van der Waals surface area contributed by atoms with Gasteiger partial charge in [0, 0.05) is 13.1 Å². The highest BCUT2D eigenvalue weighted by Gasteiger charge is 2.15. The van der Waals surface area contributed by atoms with Crippen LogP contribution in [0, 0.1) is 5.82 Å². The maximum Gasteiger partial charge on any atom is 0.148 e. The van der Waals surface area contributed by atoms with Crippen LogP contribution in [-0.4, -0.2) is 43.4 Å². The van der Waals surface area contributed by atoms with Gasteiger partial charge in [-0.05, 0) is 29.8 Å². The number of aromatic nitrogens is 2. The summed E-state index contributed by atoms with van der Waals surface area (Å²) in [5.41, 5.74) is 2.66. The molecule has 0 N–H and O–H groups in total. The fourth-order valence-corrected chi connectivity index (χ4v) is 3.06. The molecule has 2 aromatic carbocycles. The van der Waals surface area contributed by atoms with Crippen LogP contribution in [0.4, 0.5) is 10.2 Å². The minimum Gasteiger partial charge on any atom is -0.496 e. The van der Waals surface area contributed by atoms with E-state index in [1.807, 2.05) is 18.2 Å². The second-order valence-corrected chi connectivity index (χ2v) is 5.85. The number of anilines is 1. The van der Waals surface area contributed by atoms with Crippen LogP contribution in [0.5, 0.6) is 5.75 Å². The zero-order valence-electron chi connectivity index (χ0n) is 13.9. The molecule has 5 nitrogen and oxygen atoms in total. The number of morpholine rings is 1. The van der Waals surface area contributed by atoms with Crippen LogP contribution >= 0.6 is 0 Å². The van der Waals surface area contributed by atoms with Gasteiger partial charge >= 0.3 is 0 Å². The van der Waals surface area contributed by atoms with Crippen LogP contribution in [0.1, 0.15) is 0 Å². The van der Waals surface area contributed by atoms with E-state index >= 15 is 0 Å². The van der Waals surface area contributed by atoms with Gasteiger partial charge in [-0.1, -0.05) is 12.1 Å². The molecule has 1 aromatic heterocycles. The number of nitrogens with zero attached hydrogens (tertiary/aromatic N) is 3. The Morgan fingerprint density at radius 2 is 1.96 bits per heavy atom. The molecule has 1 saturated heterocycles. The van der Waals surface area contributed by atoms with E-state index in [1.165, 1.54) is 13.2 Å². The molecule has 1 fully saturated rings. The van der Waals surface area contributed by atoms with Gasteiger partial charge in [0.15, 0.2) is 0 Å². The van der Waals surface area contributed by atoms with Crippen molar-refractivity contribution in [2.24, 2.45) is 0 Å². The predicted molar refractivity (Wildman–Crippen MR) is 94.5 cm³/mol. The van der Waals surface area contributed by atoms with Crippen molar-refractivity contribution in [3.63, 3.8) is 0 Å². The molecule has 4 rings (SSSR count). The molecular formula is C19H18FN3O2. The Balaban J connectivity index is 1.79. The van der Waals surface area contributed by atoms with Crippen molar-refractivity contribution >= 4 is 16.9 Å². The maximum absolute atomic E-state index is 14.4. The molecule has 128 valence electrons. The first-order valence-electron chi connectivity index (χ1n) is 8.18. The summed E-state index contributed by atoms with van der Waals surface area (Å²) in [4.78, 5) is 11.3. The lowest BCUT2D eigenvalue weighted by Gasteiger charge is -2.27. The first kappa shape index (κ1) is 15.8. The SMILES string of the molecule is COc1cccc(F)c1-c1ccc2ncc(N3CCOCC3)nc2c1. The molecule has 0 amide bonds. The molecule has 0 atom stereocenters. The third-order valence-electron chi connectivity index (χ3n) is 4.35. The summed E-state index contributed by atoms with van der Waals surface area (Å²) in [6.45, 7) is 2.96. The molecule has 25 heavy (non-hydrogen) atoms. The molecule has 0 spiro atoms. The van der Waals surface area contributed by atoms with Crippen molar-refractivity contribution in [1.82, 2.24) is 9.97 Å². The molecule has 2 heterocycles. The van der Waals surface area contributed by atoms with E-state index < -0.39 is 0 Å². The highest BCUT2D eigenvalue weighted by Crippen LogP contribution is 2.33. The highest BCUT2D eigenvalue weighted by molar-refractivity contribution is 5.84. The molecule has 0 bridgehead atoms. The first-order chi connectivity index (χ1) is 12.3. The van der Waals surface area contributed by atoms with Gasteiger partial charge in [-0.2, -0.15) is 0 Å². The van der Waals surface area contributed by atoms with Crippen molar-refractivity contribution in [3.05, 3.63) is 48.4 Å². The van der Waals surface area contributed by atoms with E-state index in [0.717, 1.165) is 35.5 Å². The number of ether oxygens (including phenoxy) is 2. The van der Waals surface area contributed by atoms with Crippen molar-refractivity contribution in [2.45, 2.75) is 0 Å². The number of halogens is 1. The molecular weight excluding hydrogens is 321 g/mol. The number of methoxy groups -OCH3 is 1. The van der Waals surface area contributed by atoms with E-state index in [-0.39, 0.29) is 5.82 Å². The second-order valence-electron chi connectivity index (χ2n) is 5.85. The largest absolute Gasteiger partial charge is 0.496 e. The zero-order valence-corrected chi connectivity index (χ0v) is 13.9. The summed E-state index contributed by atoms with van der Waals surface area (Å²) in [6.07, 6.45) is 1.77. The number of hydrogen-bond donors (Lipinski definition) is 0. The highest BCUT2D eigenvalue weighted by atomic mass is 19.1. The first-order valence-corrected chi connectivity index (χ1v) is 8.18. The normalized spacial score (nSPS) is 14.7. The van der Waals surface area contributed by atoms with Gasteiger partial charge in [0.2, 0.25) is 0 Å². The summed E-state index contributed by atoms with van der Waals surface area (Å²) >= 11 is 0. The van der Waals surface area contributed by atoms with E-state index in [4.69, 9.17) is 14.5 Å². The topological polar surface area (TPSA) is 47.5 Å². The molecule has 0 saturated carbocycles. The van der Waals surface area contributed by atoms with Gasteiger partial charge in [-0.25, -0.2) is 9.37 Å². The van der Waals surface area contributed by atoms with Crippen molar-refractivity contribution in [1.29, 1.82) is 0 Å². The van der Waals surface area contributed by atoms with Crippen LogP contribution in [-0.2, 0) is 4.74 Å². The van der Waals surface area contributed by atoms with Crippen LogP contribution in [0.3, 0.4) is 0 Å². The molecule has 1 aliphatic rings. The monoisotopic (exact) mass is 339 g/mol. The quantitative estimate of drug-likeness (QED) is 0.733. The Kier molecular flexibility index (Phi) is 4.19.